The Kier molecular flexibility index (Phi) is 4.50. The molecule has 2 aromatic carbocycles. The number of amides is 2. The Morgan fingerprint density at radius 2 is 1.93 bits per heavy atom. The van der Waals surface area contributed by atoms with Crippen molar-refractivity contribution in [3.63, 3.8) is 0 Å². The number of nitrogens with zero attached hydrogens (tertiary/aromatic N) is 2. The number of fused-ring (bicyclic) bond motifs is 2. The van der Waals surface area contributed by atoms with Gasteiger partial charge in [-0.15, -0.1) is 11.8 Å². The van der Waals surface area contributed by atoms with Crippen LogP contribution < -0.4 is 4.90 Å². The molecule has 0 aromatic heterocycles. The van der Waals surface area contributed by atoms with Gasteiger partial charge in [-0.2, -0.15) is 0 Å². The van der Waals surface area contributed by atoms with Crippen molar-refractivity contribution >= 4 is 40.9 Å². The molecule has 156 valence electrons. The summed E-state index contributed by atoms with van der Waals surface area (Å²) in [6.07, 6.45) is 1.83. The molecule has 3 aliphatic rings. The summed E-state index contributed by atoms with van der Waals surface area (Å²) in [4.78, 5) is 30.1. The summed E-state index contributed by atoms with van der Waals surface area (Å²) >= 11 is 7.99. The first kappa shape index (κ1) is 20.0. The fraction of sp³-hybridized carbons (Fsp3) is 0.417. The van der Waals surface area contributed by atoms with Crippen LogP contribution in [0.1, 0.15) is 43.4 Å². The first-order valence-electron chi connectivity index (χ1n) is 10.4. The second-order valence-corrected chi connectivity index (χ2v) is 11.5. The maximum atomic E-state index is 14.1. The molecule has 0 radical (unpaired) electrons. The van der Waals surface area contributed by atoms with Crippen molar-refractivity contribution in [2.45, 2.75) is 49.8 Å². The summed E-state index contributed by atoms with van der Waals surface area (Å²) < 4.78 is -0.224. The molecule has 2 fully saturated rings. The molecule has 1 aliphatic carbocycles. The van der Waals surface area contributed by atoms with Gasteiger partial charge in [0.2, 0.25) is 5.91 Å². The van der Waals surface area contributed by atoms with Crippen LogP contribution in [-0.2, 0) is 21.0 Å². The van der Waals surface area contributed by atoms with E-state index in [1.54, 1.807) is 11.8 Å². The standard InChI is InChI=1S/C24H25ClN2O2S/c1-15-6-4-5-7-17(15)13-26-20-11-10-18(25)12-19(20)24(22(26)29)27(14-23(2,3)30-24)21(28)16-8-9-16/h4-7,10-12,16H,8-9,13-14H2,1-3H3. The molecule has 0 N–H and O–H groups in total. The minimum absolute atomic E-state index is 0.0346. The van der Waals surface area contributed by atoms with E-state index in [2.05, 4.69) is 32.9 Å². The average Bonchev–Trinajstić information content (AvgIpc) is 3.47. The van der Waals surface area contributed by atoms with E-state index >= 15 is 0 Å². The largest absolute Gasteiger partial charge is 0.314 e. The van der Waals surface area contributed by atoms with E-state index in [4.69, 9.17) is 11.6 Å². The number of carbonyl (C=O) groups is 2. The van der Waals surface area contributed by atoms with Crippen molar-refractivity contribution in [1.82, 2.24) is 4.90 Å². The van der Waals surface area contributed by atoms with Gasteiger partial charge >= 0.3 is 0 Å². The normalized spacial score (nSPS) is 24.6. The molecule has 2 amide bonds. The third-order valence-electron chi connectivity index (χ3n) is 6.27. The summed E-state index contributed by atoms with van der Waals surface area (Å²) in [5.41, 5.74) is 3.95. The highest BCUT2D eigenvalue weighted by Gasteiger charge is 2.64. The minimum atomic E-state index is -1.04. The summed E-state index contributed by atoms with van der Waals surface area (Å²) in [6, 6.07) is 13.8. The van der Waals surface area contributed by atoms with Gasteiger partial charge in [-0.25, -0.2) is 0 Å². The van der Waals surface area contributed by atoms with Gasteiger partial charge in [-0.3, -0.25) is 9.59 Å². The Bertz CT molecular complexity index is 1060. The molecule has 5 rings (SSSR count). The number of anilines is 1. The molecule has 1 unspecified atom stereocenters. The van der Waals surface area contributed by atoms with E-state index < -0.39 is 4.87 Å². The number of carbonyl (C=O) groups excluding carboxylic acids is 2. The summed E-state index contributed by atoms with van der Waals surface area (Å²) in [5.74, 6) is 0.120. The Labute approximate surface area is 186 Å². The van der Waals surface area contributed by atoms with Crippen molar-refractivity contribution in [2.75, 3.05) is 11.4 Å². The smallest absolute Gasteiger partial charge is 0.268 e. The number of thioether (sulfide) groups is 1. The van der Waals surface area contributed by atoms with Crippen molar-refractivity contribution in [3.05, 3.63) is 64.2 Å². The fourth-order valence-corrected chi connectivity index (χ4v) is 6.56. The number of aryl methyl sites for hydroxylation is 1. The van der Waals surface area contributed by atoms with Gasteiger partial charge < -0.3 is 9.80 Å². The molecule has 2 aromatic rings. The SMILES string of the molecule is Cc1ccccc1CN1C(=O)C2(SC(C)(C)CN2C(=O)C2CC2)c2cc(Cl)ccc21. The maximum absolute atomic E-state index is 14.1. The van der Waals surface area contributed by atoms with Crippen molar-refractivity contribution in [1.29, 1.82) is 0 Å². The first-order valence-corrected chi connectivity index (χ1v) is 11.6. The topological polar surface area (TPSA) is 40.6 Å². The van der Waals surface area contributed by atoms with Gasteiger partial charge in [0.1, 0.15) is 0 Å². The molecule has 6 heteroatoms. The molecule has 1 atom stereocenters. The third-order valence-corrected chi connectivity index (χ3v) is 8.10. The molecule has 0 bridgehead atoms. The van der Waals surface area contributed by atoms with Crippen LogP contribution in [0, 0.1) is 12.8 Å². The van der Waals surface area contributed by atoms with Crippen LogP contribution in [-0.4, -0.2) is 28.0 Å². The van der Waals surface area contributed by atoms with Crippen molar-refractivity contribution < 1.29 is 9.59 Å². The van der Waals surface area contributed by atoms with Crippen LogP contribution in [0.15, 0.2) is 42.5 Å². The lowest BCUT2D eigenvalue weighted by Crippen LogP contribution is -2.50. The Balaban J connectivity index is 1.65. The van der Waals surface area contributed by atoms with Crippen LogP contribution in [0.5, 0.6) is 0 Å². The van der Waals surface area contributed by atoms with Crippen LogP contribution in [0.4, 0.5) is 5.69 Å². The number of hydrogen-bond acceptors (Lipinski definition) is 3. The molecule has 2 aliphatic heterocycles. The van der Waals surface area contributed by atoms with Crippen molar-refractivity contribution in [3.8, 4) is 0 Å². The molecule has 1 spiro atoms. The third kappa shape index (κ3) is 2.97. The van der Waals surface area contributed by atoms with E-state index in [0.29, 0.717) is 18.1 Å². The monoisotopic (exact) mass is 440 g/mol. The predicted octanol–water partition coefficient (Wildman–Crippen LogP) is 5.11. The minimum Gasteiger partial charge on any atom is -0.314 e. The zero-order valence-electron chi connectivity index (χ0n) is 17.4. The molecular formula is C24H25ClN2O2S. The Morgan fingerprint density at radius 1 is 1.20 bits per heavy atom. The van der Waals surface area contributed by atoms with E-state index in [0.717, 1.165) is 35.2 Å². The second kappa shape index (κ2) is 6.76. The van der Waals surface area contributed by atoms with E-state index in [1.165, 1.54) is 0 Å². The lowest BCUT2D eigenvalue weighted by atomic mass is 10.0. The second-order valence-electron chi connectivity index (χ2n) is 9.18. The van der Waals surface area contributed by atoms with Crippen LogP contribution >= 0.6 is 23.4 Å². The van der Waals surface area contributed by atoms with Crippen molar-refractivity contribution in [2.24, 2.45) is 5.92 Å². The summed E-state index contributed by atoms with van der Waals surface area (Å²) in [6.45, 7) is 7.32. The molecular weight excluding hydrogens is 416 g/mol. The first-order chi connectivity index (χ1) is 14.2. The molecule has 4 nitrogen and oxygen atoms in total. The van der Waals surface area contributed by atoms with E-state index in [-0.39, 0.29) is 22.5 Å². The Hall–Kier alpha value is -1.98. The van der Waals surface area contributed by atoms with E-state index in [9.17, 15) is 9.59 Å². The number of benzene rings is 2. The summed E-state index contributed by atoms with van der Waals surface area (Å²) in [5, 5.41) is 0.586. The van der Waals surface area contributed by atoms with Gasteiger partial charge in [0, 0.05) is 27.8 Å². The molecule has 2 heterocycles. The van der Waals surface area contributed by atoms with Gasteiger partial charge in [0.15, 0.2) is 4.87 Å². The quantitative estimate of drug-likeness (QED) is 0.665. The van der Waals surface area contributed by atoms with Gasteiger partial charge in [0.05, 0.1) is 12.2 Å². The highest BCUT2D eigenvalue weighted by Crippen LogP contribution is 2.61. The highest BCUT2D eigenvalue weighted by molar-refractivity contribution is 8.02. The predicted molar refractivity (Wildman–Crippen MR) is 122 cm³/mol. The zero-order valence-corrected chi connectivity index (χ0v) is 19.0. The summed E-state index contributed by atoms with van der Waals surface area (Å²) in [7, 11) is 0. The van der Waals surface area contributed by atoms with Crippen LogP contribution in [0.3, 0.4) is 0 Å². The maximum Gasteiger partial charge on any atom is 0.268 e. The Morgan fingerprint density at radius 3 is 2.63 bits per heavy atom. The average molecular weight is 441 g/mol. The lowest BCUT2D eigenvalue weighted by molar-refractivity contribution is -0.141. The lowest BCUT2D eigenvalue weighted by Gasteiger charge is -2.33. The van der Waals surface area contributed by atoms with Crippen LogP contribution in [0.2, 0.25) is 5.02 Å². The number of halogens is 1. The van der Waals surface area contributed by atoms with Gasteiger partial charge in [0.25, 0.3) is 5.91 Å². The molecule has 1 saturated carbocycles. The van der Waals surface area contributed by atoms with Crippen LogP contribution in [0.25, 0.3) is 0 Å². The highest BCUT2D eigenvalue weighted by atomic mass is 35.5. The van der Waals surface area contributed by atoms with E-state index in [1.807, 2.05) is 40.1 Å². The number of hydrogen-bond donors (Lipinski definition) is 0. The molecule has 30 heavy (non-hydrogen) atoms. The number of rotatable bonds is 3. The fourth-order valence-electron chi connectivity index (χ4n) is 4.66. The molecule has 1 saturated heterocycles. The van der Waals surface area contributed by atoms with Gasteiger partial charge in [-0.1, -0.05) is 35.9 Å². The zero-order chi connectivity index (χ0) is 21.3. The van der Waals surface area contributed by atoms with Gasteiger partial charge in [-0.05, 0) is 62.9 Å².